The summed E-state index contributed by atoms with van der Waals surface area (Å²) in [5.74, 6) is 0.410. The van der Waals surface area contributed by atoms with Gasteiger partial charge in [-0.05, 0) is 36.4 Å². The molecule has 0 bridgehead atoms. The van der Waals surface area contributed by atoms with Crippen molar-refractivity contribution in [1.29, 1.82) is 5.26 Å². The van der Waals surface area contributed by atoms with Crippen LogP contribution in [0.15, 0.2) is 52.0 Å². The largest absolute Gasteiger partial charge is 0.459 e. The molecule has 2 rings (SSSR count). The maximum Gasteiger partial charge on any atom is 0.291 e. The van der Waals surface area contributed by atoms with Crippen molar-refractivity contribution in [3.63, 3.8) is 0 Å². The number of hydrogen-bond donors (Lipinski definition) is 1. The Morgan fingerprint density at radius 3 is 2.72 bits per heavy atom. The van der Waals surface area contributed by atoms with Crippen molar-refractivity contribution < 1.29 is 9.21 Å². The van der Waals surface area contributed by atoms with Crippen LogP contribution in [-0.4, -0.2) is 11.7 Å². The van der Waals surface area contributed by atoms with Crippen LogP contribution in [0.25, 0.3) is 0 Å². The molecule has 1 N–H and O–H groups in total. The Morgan fingerprint density at radius 1 is 1.33 bits per heavy atom. The molecule has 90 valence electrons. The first-order valence-electron chi connectivity index (χ1n) is 5.24. The normalized spacial score (nSPS) is 9.72. The molecule has 1 aromatic heterocycles. The summed E-state index contributed by atoms with van der Waals surface area (Å²) in [6.07, 6.45) is 1.45. The third kappa shape index (κ3) is 3.15. The van der Waals surface area contributed by atoms with E-state index in [-0.39, 0.29) is 11.7 Å². The molecule has 1 heterocycles. The molecule has 0 atom stereocenters. The highest BCUT2D eigenvalue weighted by Gasteiger charge is 2.08. The van der Waals surface area contributed by atoms with Crippen molar-refractivity contribution in [1.82, 2.24) is 0 Å². The Hall–Kier alpha value is -2.19. The van der Waals surface area contributed by atoms with Crippen LogP contribution < -0.4 is 5.32 Å². The minimum Gasteiger partial charge on any atom is -0.459 e. The summed E-state index contributed by atoms with van der Waals surface area (Å²) >= 11 is 1.45. The van der Waals surface area contributed by atoms with Crippen LogP contribution in [0, 0.1) is 11.3 Å². The van der Waals surface area contributed by atoms with E-state index in [1.165, 1.54) is 18.0 Å². The second kappa shape index (κ2) is 5.94. The molecule has 4 nitrogen and oxygen atoms in total. The van der Waals surface area contributed by atoms with Crippen molar-refractivity contribution in [2.24, 2.45) is 0 Å². The number of anilines is 1. The maximum absolute atomic E-state index is 11.7. The Bertz CT molecular complexity index is 556. The van der Waals surface area contributed by atoms with Gasteiger partial charge in [0.2, 0.25) is 0 Å². The average Bonchev–Trinajstić information content (AvgIpc) is 2.92. The lowest BCUT2D eigenvalue weighted by Gasteiger charge is -2.04. The van der Waals surface area contributed by atoms with Crippen LogP contribution in [0.3, 0.4) is 0 Å². The van der Waals surface area contributed by atoms with E-state index in [1.54, 1.807) is 24.3 Å². The number of rotatable bonds is 4. The SMILES string of the molecule is N#CCSc1ccc(NC(=O)c2ccco2)cc1. The second-order valence-corrected chi connectivity index (χ2v) is 4.45. The summed E-state index contributed by atoms with van der Waals surface area (Å²) in [7, 11) is 0. The van der Waals surface area contributed by atoms with Crippen LogP contribution >= 0.6 is 11.8 Å². The highest BCUT2D eigenvalue weighted by atomic mass is 32.2. The van der Waals surface area contributed by atoms with Gasteiger partial charge >= 0.3 is 0 Å². The number of thioether (sulfide) groups is 1. The molecule has 0 radical (unpaired) electrons. The summed E-state index contributed by atoms with van der Waals surface area (Å²) in [6.45, 7) is 0. The molecule has 2 aromatic rings. The Kier molecular flexibility index (Phi) is 4.05. The van der Waals surface area contributed by atoms with E-state index in [0.717, 1.165) is 4.90 Å². The summed E-state index contributed by atoms with van der Waals surface area (Å²) in [4.78, 5) is 12.7. The molecule has 0 spiro atoms. The van der Waals surface area contributed by atoms with Crippen LogP contribution in [0.4, 0.5) is 5.69 Å². The van der Waals surface area contributed by atoms with Crippen molar-refractivity contribution in [3.05, 3.63) is 48.4 Å². The van der Waals surface area contributed by atoms with E-state index in [2.05, 4.69) is 11.4 Å². The number of nitrogens with zero attached hydrogens (tertiary/aromatic N) is 1. The first-order valence-corrected chi connectivity index (χ1v) is 6.23. The van der Waals surface area contributed by atoms with Gasteiger partial charge in [-0.3, -0.25) is 4.79 Å². The van der Waals surface area contributed by atoms with Crippen molar-refractivity contribution in [2.45, 2.75) is 4.90 Å². The summed E-state index contributed by atoms with van der Waals surface area (Å²) in [6, 6.07) is 12.6. The van der Waals surface area contributed by atoms with Gasteiger partial charge in [-0.2, -0.15) is 5.26 Å². The van der Waals surface area contributed by atoms with Gasteiger partial charge in [0.25, 0.3) is 5.91 Å². The lowest BCUT2D eigenvalue weighted by Crippen LogP contribution is -2.10. The first-order chi connectivity index (χ1) is 8.79. The van der Waals surface area contributed by atoms with E-state index in [9.17, 15) is 4.79 Å². The minimum absolute atomic E-state index is 0.276. The van der Waals surface area contributed by atoms with E-state index in [4.69, 9.17) is 9.68 Å². The molecule has 5 heteroatoms. The van der Waals surface area contributed by atoms with E-state index >= 15 is 0 Å². The quantitative estimate of drug-likeness (QED) is 0.855. The molecular formula is C13H10N2O2S. The number of benzene rings is 1. The van der Waals surface area contributed by atoms with E-state index < -0.39 is 0 Å². The van der Waals surface area contributed by atoms with Crippen LogP contribution in [0.2, 0.25) is 0 Å². The third-order valence-electron chi connectivity index (χ3n) is 2.16. The van der Waals surface area contributed by atoms with Crippen molar-refractivity contribution in [3.8, 4) is 6.07 Å². The lowest BCUT2D eigenvalue weighted by atomic mass is 10.3. The summed E-state index contributed by atoms with van der Waals surface area (Å²) in [5, 5.41) is 11.2. The van der Waals surface area contributed by atoms with Crippen LogP contribution in [0.1, 0.15) is 10.6 Å². The van der Waals surface area contributed by atoms with Gasteiger partial charge in [-0.15, -0.1) is 11.8 Å². The molecule has 0 aliphatic heterocycles. The molecule has 0 unspecified atom stereocenters. The monoisotopic (exact) mass is 258 g/mol. The molecule has 0 saturated heterocycles. The predicted molar refractivity (Wildman–Crippen MR) is 69.4 cm³/mol. The van der Waals surface area contributed by atoms with Gasteiger partial charge < -0.3 is 9.73 Å². The Labute approximate surface area is 109 Å². The highest BCUT2D eigenvalue weighted by molar-refractivity contribution is 7.99. The fraction of sp³-hybridized carbons (Fsp3) is 0.0769. The van der Waals surface area contributed by atoms with Crippen molar-refractivity contribution in [2.75, 3.05) is 11.1 Å². The molecule has 18 heavy (non-hydrogen) atoms. The number of furan rings is 1. The van der Waals surface area contributed by atoms with E-state index in [1.807, 2.05) is 12.1 Å². The Balaban J connectivity index is 1.98. The average molecular weight is 258 g/mol. The number of hydrogen-bond acceptors (Lipinski definition) is 4. The number of carbonyl (C=O) groups is 1. The molecule has 1 amide bonds. The third-order valence-corrected chi connectivity index (χ3v) is 3.04. The van der Waals surface area contributed by atoms with Crippen LogP contribution in [0.5, 0.6) is 0 Å². The molecular weight excluding hydrogens is 248 g/mol. The maximum atomic E-state index is 11.7. The minimum atomic E-state index is -0.280. The number of amides is 1. The molecule has 0 aliphatic carbocycles. The van der Waals surface area contributed by atoms with Gasteiger partial charge in [-0.25, -0.2) is 0 Å². The van der Waals surface area contributed by atoms with Crippen molar-refractivity contribution >= 4 is 23.4 Å². The molecule has 1 aromatic carbocycles. The van der Waals surface area contributed by atoms with Crippen LogP contribution in [-0.2, 0) is 0 Å². The zero-order chi connectivity index (χ0) is 12.8. The fourth-order valence-corrected chi connectivity index (χ4v) is 1.91. The number of nitrogens with one attached hydrogen (secondary N) is 1. The van der Waals surface area contributed by atoms with Gasteiger partial charge in [-0.1, -0.05) is 0 Å². The highest BCUT2D eigenvalue weighted by Crippen LogP contribution is 2.20. The number of carbonyl (C=O) groups excluding carboxylic acids is 1. The second-order valence-electron chi connectivity index (χ2n) is 3.40. The number of nitriles is 1. The summed E-state index contributed by atoms with van der Waals surface area (Å²) in [5.41, 5.74) is 0.692. The zero-order valence-corrected chi connectivity index (χ0v) is 10.2. The standard InChI is InChI=1S/C13H10N2O2S/c14-7-9-18-11-5-3-10(4-6-11)15-13(16)12-2-1-8-17-12/h1-6,8H,9H2,(H,15,16). The first kappa shape index (κ1) is 12.3. The Morgan fingerprint density at radius 2 is 2.11 bits per heavy atom. The zero-order valence-electron chi connectivity index (χ0n) is 9.42. The molecule has 0 fully saturated rings. The molecule has 0 aliphatic rings. The van der Waals surface area contributed by atoms with Gasteiger partial charge in [0, 0.05) is 10.6 Å². The lowest BCUT2D eigenvalue weighted by molar-refractivity contribution is 0.0996. The predicted octanol–water partition coefficient (Wildman–Crippen LogP) is 3.15. The smallest absolute Gasteiger partial charge is 0.291 e. The van der Waals surface area contributed by atoms with E-state index in [0.29, 0.717) is 11.4 Å². The van der Waals surface area contributed by atoms with Gasteiger partial charge in [0.15, 0.2) is 5.76 Å². The van der Waals surface area contributed by atoms with Gasteiger partial charge in [0.1, 0.15) is 0 Å². The summed E-state index contributed by atoms with van der Waals surface area (Å²) < 4.78 is 4.99. The fourth-order valence-electron chi connectivity index (χ4n) is 1.35. The topological polar surface area (TPSA) is 66.0 Å². The van der Waals surface area contributed by atoms with Gasteiger partial charge in [0.05, 0.1) is 18.1 Å². The molecule has 0 saturated carbocycles.